The molecule has 0 radical (unpaired) electrons. The lowest BCUT2D eigenvalue weighted by Gasteiger charge is -2.24. The highest BCUT2D eigenvalue weighted by atomic mass is 16.4. The molecule has 0 bridgehead atoms. The van der Waals surface area contributed by atoms with Crippen molar-refractivity contribution in [3.05, 3.63) is 66.0 Å². The van der Waals surface area contributed by atoms with Crippen LogP contribution in [0, 0.1) is 0 Å². The van der Waals surface area contributed by atoms with Crippen molar-refractivity contribution in [2.45, 2.75) is 71.8 Å². The zero-order chi connectivity index (χ0) is 25.2. The molecule has 0 aliphatic rings. The Bertz CT molecular complexity index is 843. The van der Waals surface area contributed by atoms with E-state index in [1.165, 1.54) is 0 Å². The van der Waals surface area contributed by atoms with E-state index in [0.29, 0.717) is 32.2 Å². The van der Waals surface area contributed by atoms with Crippen LogP contribution >= 0.6 is 0 Å². The van der Waals surface area contributed by atoms with Crippen LogP contribution in [0.3, 0.4) is 0 Å². The minimum Gasteiger partial charge on any atom is -0.481 e. The van der Waals surface area contributed by atoms with Gasteiger partial charge in [-0.1, -0.05) is 51.1 Å². The molecule has 0 saturated carbocycles. The largest absolute Gasteiger partial charge is 0.481 e. The summed E-state index contributed by atoms with van der Waals surface area (Å²) in [5.41, 5.74) is 2.22. The first-order valence-corrected chi connectivity index (χ1v) is 12.2. The van der Waals surface area contributed by atoms with Crippen LogP contribution in [0.15, 0.2) is 54.9 Å². The molecule has 2 amide bonds. The topological polar surface area (TPSA) is 99.6 Å². The minimum atomic E-state index is -0.957. The van der Waals surface area contributed by atoms with E-state index in [4.69, 9.17) is 0 Å². The van der Waals surface area contributed by atoms with Gasteiger partial charge in [0, 0.05) is 31.4 Å². The highest BCUT2D eigenvalue weighted by Gasteiger charge is 2.20. The highest BCUT2D eigenvalue weighted by molar-refractivity contribution is 5.85. The smallest absolute Gasteiger partial charge is 0.305 e. The first-order valence-electron chi connectivity index (χ1n) is 12.2. The van der Waals surface area contributed by atoms with Crippen molar-refractivity contribution in [1.82, 2.24) is 15.2 Å². The summed E-state index contributed by atoms with van der Waals surface area (Å²) in [5, 5.41) is 12.0. The fraction of sp³-hybridized carbons (Fsp3) is 0.481. The number of carbonyl (C=O) groups is 3. The van der Waals surface area contributed by atoms with Gasteiger partial charge in [0.1, 0.15) is 0 Å². The number of aromatic nitrogens is 1. The predicted octanol–water partition coefficient (Wildman–Crippen LogP) is 4.26. The molecule has 186 valence electrons. The Morgan fingerprint density at radius 3 is 2.26 bits per heavy atom. The summed E-state index contributed by atoms with van der Waals surface area (Å²) in [7, 11) is 0. The van der Waals surface area contributed by atoms with Gasteiger partial charge in [0.2, 0.25) is 11.8 Å². The maximum absolute atomic E-state index is 12.7. The molecule has 34 heavy (non-hydrogen) atoms. The van der Waals surface area contributed by atoms with E-state index in [1.807, 2.05) is 63.2 Å². The summed E-state index contributed by atoms with van der Waals surface area (Å²) in [6.07, 6.45) is 7.10. The maximum Gasteiger partial charge on any atom is 0.305 e. The number of carboxylic acid groups (broad SMARTS) is 1. The molecule has 0 spiro atoms. The molecule has 0 aliphatic carbocycles. The molecule has 2 N–H and O–H groups in total. The van der Waals surface area contributed by atoms with E-state index < -0.39 is 12.0 Å². The highest BCUT2D eigenvalue weighted by Crippen LogP contribution is 2.09. The normalized spacial score (nSPS) is 11.0. The van der Waals surface area contributed by atoms with Gasteiger partial charge in [-0.15, -0.1) is 0 Å². The third-order valence-corrected chi connectivity index (χ3v) is 5.20. The van der Waals surface area contributed by atoms with Gasteiger partial charge in [0.05, 0.1) is 13.0 Å². The average molecular weight is 470 g/mol. The van der Waals surface area contributed by atoms with Crippen molar-refractivity contribution in [1.29, 1.82) is 0 Å². The van der Waals surface area contributed by atoms with Gasteiger partial charge in [-0.05, 0) is 55.4 Å². The van der Waals surface area contributed by atoms with Crippen LogP contribution in [-0.2, 0) is 27.2 Å². The molecular formula is C27H39N3O4. The number of carbonyl (C=O) groups excluding carboxylic acids is 2. The first-order chi connectivity index (χ1) is 16.5. The monoisotopic (exact) mass is 469 g/mol. The van der Waals surface area contributed by atoms with Crippen LogP contribution in [-0.4, -0.2) is 51.9 Å². The van der Waals surface area contributed by atoms with E-state index in [-0.39, 0.29) is 24.8 Å². The number of hydrogen-bond donors (Lipinski definition) is 2. The number of hydrogen-bond acceptors (Lipinski definition) is 4. The Kier molecular flexibility index (Phi) is 14.6. The van der Waals surface area contributed by atoms with Crippen molar-refractivity contribution in [3.63, 3.8) is 0 Å². The summed E-state index contributed by atoms with van der Waals surface area (Å²) in [5.74, 6) is -1.34. The number of pyridine rings is 1. The second kappa shape index (κ2) is 17.3. The molecule has 7 heteroatoms. The fourth-order valence-electron chi connectivity index (χ4n) is 3.58. The third kappa shape index (κ3) is 12.1. The number of amides is 2. The molecule has 1 heterocycles. The van der Waals surface area contributed by atoms with Crippen molar-refractivity contribution in [2.75, 3.05) is 13.1 Å². The molecule has 1 atom stereocenters. The molecule has 2 aromatic rings. The van der Waals surface area contributed by atoms with E-state index >= 15 is 0 Å². The minimum absolute atomic E-state index is 0.0522. The van der Waals surface area contributed by atoms with Gasteiger partial charge in [-0.3, -0.25) is 19.4 Å². The summed E-state index contributed by atoms with van der Waals surface area (Å²) < 4.78 is 0. The fourth-order valence-corrected chi connectivity index (χ4v) is 3.58. The third-order valence-electron chi connectivity index (χ3n) is 5.20. The zero-order valence-electron chi connectivity index (χ0n) is 20.7. The number of carboxylic acids is 1. The molecule has 0 aliphatic heterocycles. The second-order valence-corrected chi connectivity index (χ2v) is 7.91. The Hall–Kier alpha value is -3.22. The van der Waals surface area contributed by atoms with Crippen molar-refractivity contribution in [2.24, 2.45) is 0 Å². The number of benzene rings is 1. The zero-order valence-corrected chi connectivity index (χ0v) is 20.7. The molecule has 0 fully saturated rings. The Morgan fingerprint density at radius 1 is 1.00 bits per heavy atom. The van der Waals surface area contributed by atoms with Crippen LogP contribution in [0.25, 0.3) is 0 Å². The van der Waals surface area contributed by atoms with Gasteiger partial charge >= 0.3 is 5.97 Å². The van der Waals surface area contributed by atoms with Crippen LogP contribution in [0.5, 0.6) is 0 Å². The SMILES string of the molecule is CC.CCCN(CC(=O)N[C@H](CCc1ccccc1)CC(=O)O)C(=O)CCCc1ccncc1. The van der Waals surface area contributed by atoms with E-state index in [1.54, 1.807) is 17.3 Å². The lowest BCUT2D eigenvalue weighted by atomic mass is 10.0. The standard InChI is InChI=1S/C25H33N3O4.C2H6/c1-2-17-28(24(30)10-6-9-21-13-15-26-16-14-21)19-23(29)27-22(18-25(31)32)12-11-20-7-4-3-5-8-20;1-2/h3-5,7-8,13-16,22H,2,6,9-12,17-19H2,1H3,(H,27,29)(H,31,32);1-2H3/t22-;/m1./s1. The summed E-state index contributed by atoms with van der Waals surface area (Å²) in [6, 6.07) is 13.1. The summed E-state index contributed by atoms with van der Waals surface area (Å²) >= 11 is 0. The van der Waals surface area contributed by atoms with Gasteiger partial charge in [-0.2, -0.15) is 0 Å². The average Bonchev–Trinajstić information content (AvgIpc) is 2.84. The maximum atomic E-state index is 12.7. The number of rotatable bonds is 14. The van der Waals surface area contributed by atoms with Crippen molar-refractivity contribution in [3.8, 4) is 0 Å². The molecule has 0 unspecified atom stereocenters. The van der Waals surface area contributed by atoms with Crippen molar-refractivity contribution < 1.29 is 19.5 Å². The molecule has 7 nitrogen and oxygen atoms in total. The Balaban J connectivity index is 0.00000281. The summed E-state index contributed by atoms with van der Waals surface area (Å²) in [6.45, 7) is 6.40. The van der Waals surface area contributed by atoms with Gasteiger partial charge in [0.25, 0.3) is 0 Å². The van der Waals surface area contributed by atoms with Crippen LogP contribution in [0.1, 0.15) is 64.0 Å². The Morgan fingerprint density at radius 2 is 1.65 bits per heavy atom. The Labute approximate surface area is 203 Å². The number of nitrogens with one attached hydrogen (secondary N) is 1. The quantitative estimate of drug-likeness (QED) is 0.431. The lowest BCUT2D eigenvalue weighted by molar-refractivity contribution is -0.139. The molecule has 1 aromatic carbocycles. The first kappa shape index (κ1) is 28.8. The summed E-state index contributed by atoms with van der Waals surface area (Å²) in [4.78, 5) is 42.1. The van der Waals surface area contributed by atoms with Crippen LogP contribution < -0.4 is 5.32 Å². The van der Waals surface area contributed by atoms with Gasteiger partial charge in [-0.25, -0.2) is 0 Å². The van der Waals surface area contributed by atoms with Crippen LogP contribution in [0.4, 0.5) is 0 Å². The predicted molar refractivity (Wildman–Crippen MR) is 134 cm³/mol. The molecular weight excluding hydrogens is 430 g/mol. The molecule has 2 rings (SSSR count). The van der Waals surface area contributed by atoms with Crippen molar-refractivity contribution >= 4 is 17.8 Å². The van der Waals surface area contributed by atoms with E-state index in [9.17, 15) is 19.5 Å². The van der Waals surface area contributed by atoms with Gasteiger partial charge in [0.15, 0.2) is 0 Å². The van der Waals surface area contributed by atoms with E-state index in [0.717, 1.165) is 24.0 Å². The number of aryl methyl sites for hydroxylation is 2. The van der Waals surface area contributed by atoms with E-state index in [2.05, 4.69) is 10.3 Å². The van der Waals surface area contributed by atoms with Gasteiger partial charge < -0.3 is 15.3 Å². The van der Waals surface area contributed by atoms with Crippen LogP contribution in [0.2, 0.25) is 0 Å². The number of nitrogens with zero attached hydrogens (tertiary/aromatic N) is 2. The second-order valence-electron chi connectivity index (χ2n) is 7.91. The lowest BCUT2D eigenvalue weighted by Crippen LogP contribution is -2.45. The molecule has 1 aromatic heterocycles. The molecule has 0 saturated heterocycles. The number of aliphatic carboxylic acids is 1.